The summed E-state index contributed by atoms with van der Waals surface area (Å²) >= 11 is 1.68. The molecule has 0 amide bonds. The first-order valence-corrected chi connectivity index (χ1v) is 4.77. The number of carbonyl (C=O) groups is 1. The van der Waals surface area contributed by atoms with Crippen molar-refractivity contribution in [2.24, 2.45) is 0 Å². The van der Waals surface area contributed by atoms with E-state index < -0.39 is 0 Å². The normalized spacial score (nSPS) is 10.2. The van der Waals surface area contributed by atoms with E-state index >= 15 is 0 Å². The van der Waals surface area contributed by atoms with Crippen molar-refractivity contribution < 1.29 is 4.79 Å². The van der Waals surface area contributed by atoms with E-state index in [1.54, 1.807) is 17.5 Å². The molecule has 2 heterocycles. The summed E-state index contributed by atoms with van der Waals surface area (Å²) in [5, 5.41) is 2.02. The third-order valence-electron chi connectivity index (χ3n) is 1.76. The van der Waals surface area contributed by atoms with Crippen LogP contribution in [-0.4, -0.2) is 15.8 Å². The van der Waals surface area contributed by atoms with E-state index in [1.165, 1.54) is 4.88 Å². The highest BCUT2D eigenvalue weighted by atomic mass is 32.1. The van der Waals surface area contributed by atoms with Gasteiger partial charge in [-0.1, -0.05) is 6.07 Å². The van der Waals surface area contributed by atoms with E-state index in [-0.39, 0.29) is 0 Å². The highest BCUT2D eigenvalue weighted by molar-refractivity contribution is 7.09. The average molecular weight is 192 g/mol. The number of rotatable bonds is 3. The molecule has 66 valence electrons. The molecule has 0 aliphatic heterocycles. The van der Waals surface area contributed by atoms with E-state index in [0.29, 0.717) is 5.82 Å². The van der Waals surface area contributed by atoms with E-state index in [2.05, 4.69) is 4.98 Å². The second-order valence-electron chi connectivity index (χ2n) is 2.61. The number of aldehydes is 1. The van der Waals surface area contributed by atoms with Gasteiger partial charge in [-0.15, -0.1) is 11.3 Å². The quantitative estimate of drug-likeness (QED) is 0.695. The fourth-order valence-electron chi connectivity index (χ4n) is 1.14. The number of nitrogens with zero attached hydrogens (tertiary/aromatic N) is 2. The number of hydrogen-bond acceptors (Lipinski definition) is 3. The fraction of sp³-hybridized carbons (Fsp3) is 0.111. The molecular formula is C9H8N2OS. The molecule has 0 aromatic carbocycles. The van der Waals surface area contributed by atoms with Gasteiger partial charge in [-0.2, -0.15) is 0 Å². The zero-order valence-corrected chi connectivity index (χ0v) is 7.70. The maximum atomic E-state index is 10.5. The van der Waals surface area contributed by atoms with Gasteiger partial charge in [0.2, 0.25) is 0 Å². The predicted octanol–water partition coefficient (Wildman–Crippen LogP) is 1.81. The summed E-state index contributed by atoms with van der Waals surface area (Å²) in [4.78, 5) is 15.7. The SMILES string of the molecule is O=Cc1nccn1Cc1cccs1. The van der Waals surface area contributed by atoms with Gasteiger partial charge in [-0.25, -0.2) is 4.98 Å². The van der Waals surface area contributed by atoms with E-state index in [4.69, 9.17) is 0 Å². The molecule has 0 fully saturated rings. The fourth-order valence-corrected chi connectivity index (χ4v) is 1.85. The number of aromatic nitrogens is 2. The van der Waals surface area contributed by atoms with Gasteiger partial charge in [-0.3, -0.25) is 4.79 Å². The van der Waals surface area contributed by atoms with Gasteiger partial charge in [0.15, 0.2) is 12.1 Å². The Morgan fingerprint density at radius 1 is 1.62 bits per heavy atom. The minimum absolute atomic E-state index is 0.480. The van der Waals surface area contributed by atoms with Crippen LogP contribution in [0.5, 0.6) is 0 Å². The van der Waals surface area contributed by atoms with Gasteiger partial charge in [0.1, 0.15) is 0 Å². The lowest BCUT2D eigenvalue weighted by molar-refractivity contribution is 0.111. The standard InChI is InChI=1S/C9H8N2OS/c12-7-9-10-3-4-11(9)6-8-2-1-5-13-8/h1-5,7H,6H2. The molecule has 0 radical (unpaired) electrons. The number of carbonyl (C=O) groups excluding carboxylic acids is 1. The molecule has 3 nitrogen and oxygen atoms in total. The summed E-state index contributed by atoms with van der Waals surface area (Å²) in [7, 11) is 0. The van der Waals surface area contributed by atoms with E-state index in [1.807, 2.05) is 28.3 Å². The molecule has 0 spiro atoms. The van der Waals surface area contributed by atoms with Crippen LogP contribution in [0.25, 0.3) is 0 Å². The van der Waals surface area contributed by atoms with Crippen LogP contribution in [0.3, 0.4) is 0 Å². The van der Waals surface area contributed by atoms with Crippen LogP contribution < -0.4 is 0 Å². The maximum absolute atomic E-state index is 10.5. The van der Waals surface area contributed by atoms with Crippen molar-refractivity contribution in [3.63, 3.8) is 0 Å². The molecule has 0 aliphatic carbocycles. The Kier molecular flexibility index (Phi) is 2.23. The smallest absolute Gasteiger partial charge is 0.185 e. The molecule has 0 aliphatic rings. The Hall–Kier alpha value is -1.42. The van der Waals surface area contributed by atoms with Crippen molar-refractivity contribution in [3.8, 4) is 0 Å². The highest BCUT2D eigenvalue weighted by Crippen LogP contribution is 2.10. The highest BCUT2D eigenvalue weighted by Gasteiger charge is 2.01. The summed E-state index contributed by atoms with van der Waals surface area (Å²) < 4.78 is 1.83. The van der Waals surface area contributed by atoms with Crippen molar-refractivity contribution in [2.75, 3.05) is 0 Å². The molecular weight excluding hydrogens is 184 g/mol. The third kappa shape index (κ3) is 1.67. The first kappa shape index (κ1) is 8.19. The molecule has 0 bridgehead atoms. The van der Waals surface area contributed by atoms with E-state index in [9.17, 15) is 4.79 Å². The molecule has 0 atom stereocenters. The second-order valence-corrected chi connectivity index (χ2v) is 3.64. The zero-order chi connectivity index (χ0) is 9.10. The monoisotopic (exact) mass is 192 g/mol. The topological polar surface area (TPSA) is 34.9 Å². The van der Waals surface area contributed by atoms with Gasteiger partial charge in [0.25, 0.3) is 0 Å². The van der Waals surface area contributed by atoms with Crippen molar-refractivity contribution in [2.45, 2.75) is 6.54 Å². The third-order valence-corrected chi connectivity index (χ3v) is 2.62. The van der Waals surface area contributed by atoms with Crippen molar-refractivity contribution >= 4 is 17.6 Å². The van der Waals surface area contributed by atoms with Gasteiger partial charge >= 0.3 is 0 Å². The van der Waals surface area contributed by atoms with Crippen LogP contribution >= 0.6 is 11.3 Å². The molecule has 0 N–H and O–H groups in total. The van der Waals surface area contributed by atoms with Crippen LogP contribution in [0, 0.1) is 0 Å². The van der Waals surface area contributed by atoms with Gasteiger partial charge < -0.3 is 4.57 Å². The number of imidazole rings is 1. The summed E-state index contributed by atoms with van der Waals surface area (Å²) in [6, 6.07) is 4.04. The summed E-state index contributed by atoms with van der Waals surface area (Å²) in [6.07, 6.45) is 4.22. The number of hydrogen-bond donors (Lipinski definition) is 0. The lowest BCUT2D eigenvalue weighted by Gasteiger charge is -2.00. The lowest BCUT2D eigenvalue weighted by Crippen LogP contribution is -2.01. The molecule has 0 saturated heterocycles. The second kappa shape index (κ2) is 3.53. The first-order valence-electron chi connectivity index (χ1n) is 3.89. The summed E-state index contributed by atoms with van der Waals surface area (Å²) in [5.74, 6) is 0.480. The average Bonchev–Trinajstić information content (AvgIpc) is 2.76. The molecule has 0 saturated carbocycles. The van der Waals surface area contributed by atoms with Crippen molar-refractivity contribution in [3.05, 3.63) is 40.6 Å². The first-order chi connectivity index (χ1) is 6.40. The minimum Gasteiger partial charge on any atom is -0.324 e. The van der Waals surface area contributed by atoms with Crippen LogP contribution in [0.15, 0.2) is 29.9 Å². The van der Waals surface area contributed by atoms with Crippen molar-refractivity contribution in [1.29, 1.82) is 0 Å². The Morgan fingerprint density at radius 3 is 3.23 bits per heavy atom. The van der Waals surface area contributed by atoms with Crippen LogP contribution in [0.2, 0.25) is 0 Å². The molecule has 2 rings (SSSR count). The van der Waals surface area contributed by atoms with E-state index in [0.717, 1.165) is 12.8 Å². The van der Waals surface area contributed by atoms with Crippen LogP contribution in [0.4, 0.5) is 0 Å². The molecule has 13 heavy (non-hydrogen) atoms. The van der Waals surface area contributed by atoms with Gasteiger partial charge in [-0.05, 0) is 11.4 Å². The Bertz CT molecular complexity index is 391. The maximum Gasteiger partial charge on any atom is 0.185 e. The van der Waals surface area contributed by atoms with Crippen LogP contribution in [-0.2, 0) is 6.54 Å². The van der Waals surface area contributed by atoms with Gasteiger partial charge in [0.05, 0.1) is 6.54 Å². The number of thiophene rings is 1. The molecule has 2 aromatic rings. The summed E-state index contributed by atoms with van der Waals surface area (Å²) in [6.45, 7) is 0.728. The largest absolute Gasteiger partial charge is 0.324 e. The predicted molar refractivity (Wildman–Crippen MR) is 51.0 cm³/mol. The lowest BCUT2D eigenvalue weighted by atomic mass is 10.4. The summed E-state index contributed by atoms with van der Waals surface area (Å²) in [5.41, 5.74) is 0. The zero-order valence-electron chi connectivity index (χ0n) is 6.88. The molecule has 4 heteroatoms. The molecule has 2 aromatic heterocycles. The molecule has 0 unspecified atom stereocenters. The Labute approximate surface area is 79.7 Å². The van der Waals surface area contributed by atoms with Crippen LogP contribution in [0.1, 0.15) is 15.5 Å². The van der Waals surface area contributed by atoms with Gasteiger partial charge in [0, 0.05) is 17.3 Å². The minimum atomic E-state index is 0.480. The van der Waals surface area contributed by atoms with Crippen molar-refractivity contribution in [1.82, 2.24) is 9.55 Å². The Morgan fingerprint density at radius 2 is 2.54 bits per heavy atom. The Balaban J connectivity index is 2.23.